The highest BCUT2D eigenvalue weighted by molar-refractivity contribution is 7.89. The van der Waals surface area contributed by atoms with Gasteiger partial charge in [-0.15, -0.1) is 0 Å². The second-order valence-corrected chi connectivity index (χ2v) is 9.19. The predicted octanol–water partition coefficient (Wildman–Crippen LogP) is 2.22. The van der Waals surface area contributed by atoms with Gasteiger partial charge in [-0.1, -0.05) is 35.9 Å². The number of carbonyl (C=O) groups is 1. The van der Waals surface area contributed by atoms with Crippen LogP contribution in [0.1, 0.15) is 11.1 Å². The fraction of sp³-hybridized carbons (Fsp3) is 0.381. The average molecular weight is 454 g/mol. The molecule has 168 valence electrons. The molecule has 0 saturated carbocycles. The number of ether oxygens (including phenoxy) is 1. The van der Waals surface area contributed by atoms with E-state index in [0.717, 1.165) is 5.56 Å². The summed E-state index contributed by atoms with van der Waals surface area (Å²) in [7, 11) is -3.56. The van der Waals surface area contributed by atoms with Crippen molar-refractivity contribution in [3.8, 4) is 5.75 Å². The molecule has 0 radical (unpaired) electrons. The highest BCUT2D eigenvalue weighted by atomic mass is 32.2. The van der Waals surface area contributed by atoms with Gasteiger partial charge in [-0.2, -0.15) is 13.1 Å². The second kappa shape index (κ2) is 10.2. The third-order valence-corrected chi connectivity index (χ3v) is 6.93. The summed E-state index contributed by atoms with van der Waals surface area (Å²) in [6, 6.07) is 13.0. The van der Waals surface area contributed by atoms with E-state index in [1.54, 1.807) is 42.5 Å². The van der Waals surface area contributed by atoms with Crippen LogP contribution in [-0.2, 0) is 21.4 Å². The van der Waals surface area contributed by atoms with E-state index < -0.39 is 16.6 Å². The number of amides is 1. The number of halogens is 2. The molecule has 0 aliphatic carbocycles. The highest BCUT2D eigenvalue weighted by Crippen LogP contribution is 2.20. The Labute approximate surface area is 180 Å². The zero-order valence-corrected chi connectivity index (χ0v) is 17.9. The molecule has 1 saturated heterocycles. The maximum absolute atomic E-state index is 12.8. The minimum Gasteiger partial charge on any atom is -0.434 e. The number of carbonyl (C=O) groups excluding carboxylic acids is 1. The minimum atomic E-state index is -3.56. The largest absolute Gasteiger partial charge is 0.434 e. The summed E-state index contributed by atoms with van der Waals surface area (Å²) in [4.78, 5) is 14.4. The van der Waals surface area contributed by atoms with Gasteiger partial charge in [0.2, 0.25) is 15.9 Å². The van der Waals surface area contributed by atoms with Gasteiger partial charge in [-0.3, -0.25) is 9.69 Å². The van der Waals surface area contributed by atoms with E-state index in [4.69, 9.17) is 0 Å². The number of nitrogens with zero attached hydrogens (tertiary/aromatic N) is 2. The third-order valence-electron chi connectivity index (χ3n) is 5.02. The van der Waals surface area contributed by atoms with E-state index in [2.05, 4.69) is 10.1 Å². The number of hydrogen-bond acceptors (Lipinski definition) is 5. The fourth-order valence-corrected chi connectivity index (χ4v) is 4.72. The molecule has 0 bridgehead atoms. The third kappa shape index (κ3) is 6.22. The first-order valence-electron chi connectivity index (χ1n) is 9.84. The van der Waals surface area contributed by atoms with Gasteiger partial charge in [0.15, 0.2) is 0 Å². The van der Waals surface area contributed by atoms with Crippen molar-refractivity contribution in [1.82, 2.24) is 14.5 Å². The van der Waals surface area contributed by atoms with Crippen molar-refractivity contribution in [2.45, 2.75) is 25.0 Å². The lowest BCUT2D eigenvalue weighted by Gasteiger charge is -2.33. The molecule has 2 aromatic rings. The van der Waals surface area contributed by atoms with E-state index >= 15 is 0 Å². The van der Waals surface area contributed by atoms with Gasteiger partial charge in [0.25, 0.3) is 0 Å². The van der Waals surface area contributed by atoms with E-state index in [1.807, 2.05) is 11.8 Å². The molecule has 0 aromatic heterocycles. The first kappa shape index (κ1) is 23.1. The maximum Gasteiger partial charge on any atom is 0.387 e. The summed E-state index contributed by atoms with van der Waals surface area (Å²) in [5, 5.41) is 2.70. The van der Waals surface area contributed by atoms with E-state index in [0.29, 0.717) is 18.7 Å². The predicted molar refractivity (Wildman–Crippen MR) is 111 cm³/mol. The minimum absolute atomic E-state index is 0.0210. The first-order chi connectivity index (χ1) is 14.8. The Bertz CT molecular complexity index is 992. The van der Waals surface area contributed by atoms with Crippen molar-refractivity contribution in [2.24, 2.45) is 0 Å². The number of hydrogen-bond donors (Lipinski definition) is 1. The molecule has 2 aromatic carbocycles. The number of rotatable bonds is 8. The molecule has 1 amide bonds. The van der Waals surface area contributed by atoms with Crippen LogP contribution in [0.5, 0.6) is 5.75 Å². The van der Waals surface area contributed by atoms with Crippen LogP contribution >= 0.6 is 0 Å². The van der Waals surface area contributed by atoms with Gasteiger partial charge < -0.3 is 10.1 Å². The van der Waals surface area contributed by atoms with Crippen molar-refractivity contribution < 1.29 is 26.7 Å². The van der Waals surface area contributed by atoms with Crippen LogP contribution in [0.3, 0.4) is 0 Å². The van der Waals surface area contributed by atoms with Crippen molar-refractivity contribution in [2.75, 3.05) is 32.7 Å². The molecule has 1 heterocycles. The summed E-state index contributed by atoms with van der Waals surface area (Å²) in [5.41, 5.74) is 1.43. The topological polar surface area (TPSA) is 79.0 Å². The second-order valence-electron chi connectivity index (χ2n) is 7.26. The molecule has 31 heavy (non-hydrogen) atoms. The molecule has 0 unspecified atom stereocenters. The molecule has 1 aliphatic heterocycles. The van der Waals surface area contributed by atoms with Crippen molar-refractivity contribution in [3.63, 3.8) is 0 Å². The summed E-state index contributed by atoms with van der Waals surface area (Å²) < 4.78 is 56.4. The molecular weight excluding hydrogens is 428 g/mol. The standard InChI is InChI=1S/C21H25F2N3O4S/c1-16-6-8-18(9-7-16)31(28,29)26-12-10-25(11-13-26)15-20(27)24-14-17-4-2-3-5-19(17)30-21(22)23/h2-9,21H,10-15H2,1H3,(H,24,27). The SMILES string of the molecule is Cc1ccc(S(=O)(=O)N2CCN(CC(=O)NCc3ccccc3OC(F)F)CC2)cc1. The van der Waals surface area contributed by atoms with Gasteiger partial charge in [-0.05, 0) is 25.1 Å². The van der Waals surface area contributed by atoms with Gasteiger partial charge in [-0.25, -0.2) is 8.42 Å². The smallest absolute Gasteiger partial charge is 0.387 e. The number of alkyl halides is 2. The summed E-state index contributed by atoms with van der Waals surface area (Å²) in [5.74, 6) is -0.255. The molecule has 10 heteroatoms. The number of nitrogens with one attached hydrogen (secondary N) is 1. The fourth-order valence-electron chi connectivity index (χ4n) is 3.30. The molecule has 0 atom stereocenters. The quantitative estimate of drug-likeness (QED) is 0.663. The normalized spacial score (nSPS) is 15.7. The zero-order valence-electron chi connectivity index (χ0n) is 17.1. The highest BCUT2D eigenvalue weighted by Gasteiger charge is 2.29. The Morgan fingerprint density at radius 2 is 1.71 bits per heavy atom. The van der Waals surface area contributed by atoms with Gasteiger partial charge in [0.05, 0.1) is 11.4 Å². The lowest BCUT2D eigenvalue weighted by atomic mass is 10.2. The number of para-hydroxylation sites is 1. The lowest BCUT2D eigenvalue weighted by Crippen LogP contribution is -2.50. The molecular formula is C21H25F2N3O4S. The van der Waals surface area contributed by atoms with E-state index in [1.165, 1.54) is 10.4 Å². The van der Waals surface area contributed by atoms with Crippen LogP contribution in [0.25, 0.3) is 0 Å². The van der Waals surface area contributed by atoms with E-state index in [9.17, 15) is 22.0 Å². The molecule has 1 N–H and O–H groups in total. The first-order valence-corrected chi connectivity index (χ1v) is 11.3. The van der Waals surface area contributed by atoms with Gasteiger partial charge in [0.1, 0.15) is 5.75 Å². The number of aryl methyl sites for hydroxylation is 1. The Morgan fingerprint density at radius 3 is 2.35 bits per heavy atom. The Balaban J connectivity index is 1.49. The molecule has 0 spiro atoms. The average Bonchev–Trinajstić information content (AvgIpc) is 2.73. The van der Waals surface area contributed by atoms with Crippen LogP contribution < -0.4 is 10.1 Å². The van der Waals surface area contributed by atoms with Crippen molar-refractivity contribution in [1.29, 1.82) is 0 Å². The zero-order chi connectivity index (χ0) is 22.4. The van der Waals surface area contributed by atoms with Gasteiger partial charge >= 0.3 is 6.61 Å². The van der Waals surface area contributed by atoms with Crippen LogP contribution in [0, 0.1) is 6.92 Å². The van der Waals surface area contributed by atoms with Gasteiger partial charge in [0, 0.05) is 38.3 Å². The van der Waals surface area contributed by atoms with Crippen LogP contribution in [0.2, 0.25) is 0 Å². The van der Waals surface area contributed by atoms with Crippen molar-refractivity contribution in [3.05, 3.63) is 59.7 Å². The van der Waals surface area contributed by atoms with Crippen molar-refractivity contribution >= 4 is 15.9 Å². The molecule has 3 rings (SSSR count). The molecule has 1 aliphatic rings. The molecule has 1 fully saturated rings. The van der Waals surface area contributed by atoms with Crippen LogP contribution in [0.15, 0.2) is 53.4 Å². The van der Waals surface area contributed by atoms with Crippen LogP contribution in [0.4, 0.5) is 8.78 Å². The Kier molecular flexibility index (Phi) is 7.58. The lowest BCUT2D eigenvalue weighted by molar-refractivity contribution is -0.122. The maximum atomic E-state index is 12.8. The number of piperazine rings is 1. The summed E-state index contributed by atoms with van der Waals surface area (Å²) in [6.45, 7) is 0.519. The summed E-state index contributed by atoms with van der Waals surface area (Å²) >= 11 is 0. The molecule has 7 nitrogen and oxygen atoms in total. The Hall–Kier alpha value is -2.56. The van der Waals surface area contributed by atoms with E-state index in [-0.39, 0.29) is 42.7 Å². The number of benzene rings is 2. The summed E-state index contributed by atoms with van der Waals surface area (Å²) in [6.07, 6.45) is 0. The Morgan fingerprint density at radius 1 is 1.06 bits per heavy atom. The number of sulfonamides is 1. The van der Waals surface area contributed by atoms with Crippen LogP contribution in [-0.4, -0.2) is 62.9 Å². The monoisotopic (exact) mass is 453 g/mol.